The molecular formula is C14H16ClN3O3S. The highest BCUT2D eigenvalue weighted by atomic mass is 35.5. The molecule has 0 unspecified atom stereocenters. The van der Waals surface area contributed by atoms with Gasteiger partial charge >= 0.3 is 0 Å². The molecule has 0 heterocycles. The summed E-state index contributed by atoms with van der Waals surface area (Å²) < 4.78 is 25.2. The first-order valence-electron chi connectivity index (χ1n) is 6.29. The van der Waals surface area contributed by atoms with Crippen molar-refractivity contribution in [3.05, 3.63) is 41.4 Å². The van der Waals surface area contributed by atoms with E-state index in [-0.39, 0.29) is 16.3 Å². The average Bonchev–Trinajstić information content (AvgIpc) is 2.44. The number of rotatable bonds is 4. The third kappa shape index (κ3) is 3.27. The first-order valence-corrected chi connectivity index (χ1v) is 8.11. The summed E-state index contributed by atoms with van der Waals surface area (Å²) in [6.07, 6.45) is 0. The van der Waals surface area contributed by atoms with Crippen LogP contribution in [0.15, 0.2) is 41.3 Å². The van der Waals surface area contributed by atoms with Gasteiger partial charge in [-0.15, -0.1) is 0 Å². The number of nitrogens with one attached hydrogen (secondary N) is 1. The van der Waals surface area contributed by atoms with Crippen LogP contribution in [0.5, 0.6) is 5.75 Å². The lowest BCUT2D eigenvalue weighted by molar-refractivity contribution is 0.478. The molecule has 0 atom stereocenters. The number of anilines is 3. The highest BCUT2D eigenvalue weighted by Gasteiger charge is 2.18. The summed E-state index contributed by atoms with van der Waals surface area (Å²) >= 11 is 5.88. The van der Waals surface area contributed by atoms with Crippen molar-refractivity contribution >= 4 is 38.7 Å². The third-order valence-electron chi connectivity index (χ3n) is 3.03. The van der Waals surface area contributed by atoms with Crippen LogP contribution in [0.2, 0.25) is 5.02 Å². The van der Waals surface area contributed by atoms with Crippen LogP contribution in [0.4, 0.5) is 17.1 Å². The van der Waals surface area contributed by atoms with Gasteiger partial charge in [-0.25, -0.2) is 12.7 Å². The normalized spacial score (nSPS) is 11.6. The van der Waals surface area contributed by atoms with Crippen LogP contribution in [0.1, 0.15) is 0 Å². The smallest absolute Gasteiger partial charge is 0.242 e. The molecule has 0 radical (unpaired) electrons. The average molecular weight is 342 g/mol. The lowest BCUT2D eigenvalue weighted by Gasteiger charge is -2.15. The predicted molar refractivity (Wildman–Crippen MR) is 88.1 cm³/mol. The molecule has 2 rings (SSSR count). The van der Waals surface area contributed by atoms with Crippen molar-refractivity contribution in [2.45, 2.75) is 4.90 Å². The second-order valence-electron chi connectivity index (χ2n) is 4.82. The molecular weight excluding hydrogens is 326 g/mol. The van der Waals surface area contributed by atoms with E-state index in [9.17, 15) is 13.5 Å². The fraction of sp³-hybridized carbons (Fsp3) is 0.143. The molecule has 0 aliphatic rings. The van der Waals surface area contributed by atoms with Gasteiger partial charge in [0.05, 0.1) is 22.0 Å². The van der Waals surface area contributed by atoms with E-state index in [2.05, 4.69) is 5.32 Å². The number of benzene rings is 2. The largest absolute Gasteiger partial charge is 0.506 e. The van der Waals surface area contributed by atoms with Crippen LogP contribution < -0.4 is 11.1 Å². The van der Waals surface area contributed by atoms with Crippen LogP contribution in [-0.2, 0) is 10.0 Å². The molecule has 2 aromatic rings. The second-order valence-corrected chi connectivity index (χ2v) is 7.41. The summed E-state index contributed by atoms with van der Waals surface area (Å²) in [6, 6.07) is 8.88. The maximum Gasteiger partial charge on any atom is 0.242 e. The van der Waals surface area contributed by atoms with Crippen LogP contribution in [-0.4, -0.2) is 31.9 Å². The molecule has 22 heavy (non-hydrogen) atoms. The number of phenols is 1. The van der Waals surface area contributed by atoms with Gasteiger partial charge in [-0.2, -0.15) is 0 Å². The number of sulfonamides is 1. The Morgan fingerprint density at radius 3 is 2.41 bits per heavy atom. The first kappa shape index (κ1) is 16.4. The van der Waals surface area contributed by atoms with Crippen LogP contribution >= 0.6 is 11.6 Å². The molecule has 0 aliphatic heterocycles. The monoisotopic (exact) mass is 341 g/mol. The van der Waals surface area contributed by atoms with Gasteiger partial charge in [0, 0.05) is 19.1 Å². The van der Waals surface area contributed by atoms with Crippen molar-refractivity contribution in [3.63, 3.8) is 0 Å². The van der Waals surface area contributed by atoms with E-state index >= 15 is 0 Å². The maximum atomic E-state index is 12.0. The maximum absolute atomic E-state index is 12.0. The fourth-order valence-corrected chi connectivity index (χ4v) is 2.89. The lowest BCUT2D eigenvalue weighted by atomic mass is 10.2. The summed E-state index contributed by atoms with van der Waals surface area (Å²) in [5.74, 6) is 0.00814. The number of halogens is 1. The molecule has 8 heteroatoms. The van der Waals surface area contributed by atoms with E-state index in [0.717, 1.165) is 4.31 Å². The number of aromatic hydroxyl groups is 1. The number of nitrogens with two attached hydrogens (primary N) is 1. The van der Waals surface area contributed by atoms with Gasteiger partial charge in [0.15, 0.2) is 0 Å². The van der Waals surface area contributed by atoms with Crippen molar-refractivity contribution in [1.82, 2.24) is 4.31 Å². The van der Waals surface area contributed by atoms with E-state index in [1.165, 1.54) is 38.4 Å². The van der Waals surface area contributed by atoms with E-state index in [4.69, 9.17) is 17.3 Å². The highest BCUT2D eigenvalue weighted by Crippen LogP contribution is 2.32. The number of hydrogen-bond acceptors (Lipinski definition) is 5. The number of nitrogen functional groups attached to an aromatic ring is 1. The fourth-order valence-electron chi connectivity index (χ4n) is 1.78. The minimum absolute atomic E-state index is 0.00814. The molecule has 0 fully saturated rings. The van der Waals surface area contributed by atoms with Gasteiger partial charge in [-0.05, 0) is 36.4 Å². The predicted octanol–water partition coefficient (Wildman–Crippen LogP) is 2.62. The quantitative estimate of drug-likeness (QED) is 0.587. The third-order valence-corrected chi connectivity index (χ3v) is 5.08. The summed E-state index contributed by atoms with van der Waals surface area (Å²) in [5.41, 5.74) is 6.98. The van der Waals surface area contributed by atoms with Gasteiger partial charge < -0.3 is 16.2 Å². The van der Waals surface area contributed by atoms with Crippen molar-refractivity contribution in [2.75, 3.05) is 25.1 Å². The molecule has 0 spiro atoms. The van der Waals surface area contributed by atoms with E-state index in [1.807, 2.05) is 0 Å². The Labute approximate surface area is 134 Å². The zero-order chi connectivity index (χ0) is 16.5. The topological polar surface area (TPSA) is 95.7 Å². The van der Waals surface area contributed by atoms with E-state index in [0.29, 0.717) is 16.4 Å². The molecule has 0 saturated heterocycles. The Bertz CT molecular complexity index is 807. The minimum atomic E-state index is -3.55. The number of nitrogens with zero attached hydrogens (tertiary/aromatic N) is 1. The van der Waals surface area contributed by atoms with Crippen molar-refractivity contribution in [2.24, 2.45) is 0 Å². The second kappa shape index (κ2) is 6.04. The van der Waals surface area contributed by atoms with Crippen molar-refractivity contribution in [1.29, 1.82) is 0 Å². The molecule has 0 aromatic heterocycles. The number of hydrogen-bond donors (Lipinski definition) is 3. The van der Waals surface area contributed by atoms with Gasteiger partial charge in [0.25, 0.3) is 0 Å². The summed E-state index contributed by atoms with van der Waals surface area (Å²) in [6.45, 7) is 0. The molecule has 0 aliphatic carbocycles. The molecule has 2 aromatic carbocycles. The molecule has 6 nitrogen and oxygen atoms in total. The van der Waals surface area contributed by atoms with Crippen LogP contribution in [0, 0.1) is 0 Å². The Hall–Kier alpha value is -1.96. The Morgan fingerprint density at radius 1 is 1.14 bits per heavy atom. The summed E-state index contributed by atoms with van der Waals surface area (Å²) in [5, 5.41) is 13.2. The summed E-state index contributed by atoms with van der Waals surface area (Å²) in [7, 11) is -0.657. The van der Waals surface area contributed by atoms with Crippen LogP contribution in [0.3, 0.4) is 0 Å². The van der Waals surface area contributed by atoms with Crippen LogP contribution in [0.25, 0.3) is 0 Å². The van der Waals surface area contributed by atoms with Gasteiger partial charge in [-0.1, -0.05) is 11.6 Å². The Balaban J connectivity index is 2.37. The van der Waals surface area contributed by atoms with E-state index < -0.39 is 10.0 Å². The van der Waals surface area contributed by atoms with Gasteiger partial charge in [-0.3, -0.25) is 0 Å². The standard InChI is InChI=1S/C14H16ClN3O3S/c1-18(2)22(20,21)10-4-5-12(11(16)8-10)17-13-7-9(15)3-6-14(13)19/h3-8,17,19H,16H2,1-2H3. The van der Waals surface area contributed by atoms with Gasteiger partial charge in [0.2, 0.25) is 10.0 Å². The Kier molecular flexibility index (Phi) is 4.50. The first-order chi connectivity index (χ1) is 10.2. The molecule has 0 saturated carbocycles. The molecule has 4 N–H and O–H groups in total. The highest BCUT2D eigenvalue weighted by molar-refractivity contribution is 7.89. The zero-order valence-corrected chi connectivity index (χ0v) is 13.6. The molecule has 0 bridgehead atoms. The molecule has 0 amide bonds. The lowest BCUT2D eigenvalue weighted by Crippen LogP contribution is -2.22. The minimum Gasteiger partial charge on any atom is -0.506 e. The van der Waals surface area contributed by atoms with Gasteiger partial charge in [0.1, 0.15) is 5.75 Å². The van der Waals surface area contributed by atoms with Crippen molar-refractivity contribution < 1.29 is 13.5 Å². The van der Waals surface area contributed by atoms with Crippen molar-refractivity contribution in [3.8, 4) is 5.75 Å². The zero-order valence-electron chi connectivity index (χ0n) is 12.0. The summed E-state index contributed by atoms with van der Waals surface area (Å²) in [4.78, 5) is 0.0934. The SMILES string of the molecule is CN(C)S(=O)(=O)c1ccc(Nc2cc(Cl)ccc2O)c(N)c1. The molecule has 118 valence electrons. The van der Waals surface area contributed by atoms with E-state index in [1.54, 1.807) is 12.1 Å². The number of phenolic OH excluding ortho intramolecular Hbond substituents is 1. The Morgan fingerprint density at radius 2 is 1.82 bits per heavy atom.